The van der Waals surface area contributed by atoms with Gasteiger partial charge >= 0.3 is 0 Å². The molecule has 3 unspecified atom stereocenters. The van der Waals surface area contributed by atoms with Crippen molar-refractivity contribution in [2.45, 2.75) is 52.9 Å². The Kier molecular flexibility index (Phi) is 2.67. The van der Waals surface area contributed by atoms with Gasteiger partial charge in [-0.1, -0.05) is 33.6 Å². The lowest BCUT2D eigenvalue weighted by Crippen LogP contribution is -2.36. The van der Waals surface area contributed by atoms with E-state index in [1.807, 2.05) is 0 Å². The quantitative estimate of drug-likeness (QED) is 0.611. The Morgan fingerprint density at radius 3 is 2.38 bits per heavy atom. The van der Waals surface area contributed by atoms with Gasteiger partial charge in [-0.2, -0.15) is 0 Å². The Bertz CT molecular complexity index is 167. The first-order chi connectivity index (χ1) is 6.16. The molecule has 3 atom stereocenters. The molecule has 13 heavy (non-hydrogen) atoms. The molecule has 76 valence electrons. The fourth-order valence-corrected chi connectivity index (χ4v) is 3.14. The molecule has 0 bridgehead atoms. The highest BCUT2D eigenvalue weighted by atomic mass is 14.5. The standard InChI is InChI=1S/C13H24/c1-9(2)6-12-7-10(3)13(12)8-11-4-5-11/h9-13H,4-8H2,1-3H3. The molecule has 0 heterocycles. The Morgan fingerprint density at radius 1 is 1.23 bits per heavy atom. The van der Waals surface area contributed by atoms with E-state index < -0.39 is 0 Å². The zero-order valence-electron chi connectivity index (χ0n) is 9.42. The van der Waals surface area contributed by atoms with Crippen molar-refractivity contribution < 1.29 is 0 Å². The molecule has 2 aliphatic carbocycles. The summed E-state index contributed by atoms with van der Waals surface area (Å²) in [6.07, 6.45) is 7.66. The molecule has 0 amide bonds. The molecule has 0 aliphatic heterocycles. The first kappa shape index (κ1) is 9.55. The van der Waals surface area contributed by atoms with Gasteiger partial charge in [0, 0.05) is 0 Å². The van der Waals surface area contributed by atoms with E-state index in [1.54, 1.807) is 6.42 Å². The third-order valence-electron chi connectivity index (χ3n) is 4.09. The van der Waals surface area contributed by atoms with Crippen LogP contribution in [0.25, 0.3) is 0 Å². The molecule has 0 radical (unpaired) electrons. The minimum atomic E-state index is 0.916. The normalized spacial score (nSPS) is 39.2. The smallest absolute Gasteiger partial charge is 0.0357 e. The summed E-state index contributed by atoms with van der Waals surface area (Å²) < 4.78 is 0. The zero-order valence-corrected chi connectivity index (χ0v) is 9.42. The van der Waals surface area contributed by atoms with E-state index in [0.29, 0.717) is 0 Å². The molecule has 0 nitrogen and oxygen atoms in total. The topological polar surface area (TPSA) is 0 Å². The van der Waals surface area contributed by atoms with E-state index in [9.17, 15) is 0 Å². The highest BCUT2D eigenvalue weighted by Gasteiger charge is 2.40. The van der Waals surface area contributed by atoms with Crippen LogP contribution < -0.4 is 0 Å². The van der Waals surface area contributed by atoms with E-state index >= 15 is 0 Å². The fraction of sp³-hybridized carbons (Fsp3) is 1.00. The Morgan fingerprint density at radius 2 is 1.92 bits per heavy atom. The van der Waals surface area contributed by atoms with Gasteiger partial charge in [0.05, 0.1) is 0 Å². The van der Waals surface area contributed by atoms with Gasteiger partial charge in [-0.15, -0.1) is 0 Å². The number of hydrogen-bond acceptors (Lipinski definition) is 0. The van der Waals surface area contributed by atoms with Crippen molar-refractivity contribution in [2.75, 3.05) is 0 Å². The summed E-state index contributed by atoms with van der Waals surface area (Å²) in [6, 6.07) is 0. The van der Waals surface area contributed by atoms with Crippen LogP contribution in [0.3, 0.4) is 0 Å². The van der Waals surface area contributed by atoms with Gasteiger partial charge in [0.2, 0.25) is 0 Å². The summed E-state index contributed by atoms with van der Waals surface area (Å²) in [6.45, 7) is 7.21. The molecule has 0 N–H and O–H groups in total. The third-order valence-corrected chi connectivity index (χ3v) is 4.09. The van der Waals surface area contributed by atoms with Gasteiger partial charge in [-0.3, -0.25) is 0 Å². The summed E-state index contributed by atoms with van der Waals surface area (Å²) >= 11 is 0. The summed E-state index contributed by atoms with van der Waals surface area (Å²) in [5.74, 6) is 5.30. The van der Waals surface area contributed by atoms with Crippen LogP contribution in [0.1, 0.15) is 52.9 Å². The van der Waals surface area contributed by atoms with E-state index in [4.69, 9.17) is 0 Å². The third kappa shape index (κ3) is 2.27. The molecular weight excluding hydrogens is 156 g/mol. The van der Waals surface area contributed by atoms with Crippen molar-refractivity contribution in [1.82, 2.24) is 0 Å². The van der Waals surface area contributed by atoms with Crippen LogP contribution in [0.5, 0.6) is 0 Å². The summed E-state index contributed by atoms with van der Waals surface area (Å²) in [4.78, 5) is 0. The van der Waals surface area contributed by atoms with Crippen molar-refractivity contribution >= 4 is 0 Å². The summed E-state index contributed by atoms with van der Waals surface area (Å²) in [5.41, 5.74) is 0. The number of rotatable bonds is 4. The predicted octanol–water partition coefficient (Wildman–Crippen LogP) is 4.10. The monoisotopic (exact) mass is 180 g/mol. The second kappa shape index (κ2) is 3.63. The van der Waals surface area contributed by atoms with Gasteiger partial charge in [-0.05, 0) is 48.9 Å². The van der Waals surface area contributed by atoms with Gasteiger partial charge in [0.1, 0.15) is 0 Å². The van der Waals surface area contributed by atoms with Crippen LogP contribution in [0.4, 0.5) is 0 Å². The lowest BCUT2D eigenvalue weighted by molar-refractivity contribution is 0.0548. The van der Waals surface area contributed by atoms with Crippen LogP contribution in [0.15, 0.2) is 0 Å². The van der Waals surface area contributed by atoms with Gasteiger partial charge in [-0.25, -0.2) is 0 Å². The van der Waals surface area contributed by atoms with Crippen LogP contribution in [0.2, 0.25) is 0 Å². The molecule has 0 spiro atoms. The van der Waals surface area contributed by atoms with Crippen LogP contribution in [-0.2, 0) is 0 Å². The van der Waals surface area contributed by atoms with Crippen molar-refractivity contribution in [3.05, 3.63) is 0 Å². The van der Waals surface area contributed by atoms with E-state index in [-0.39, 0.29) is 0 Å². The molecule has 0 saturated heterocycles. The zero-order chi connectivity index (χ0) is 9.42. The van der Waals surface area contributed by atoms with E-state index in [1.165, 1.54) is 25.7 Å². The van der Waals surface area contributed by atoms with Gasteiger partial charge in [0.15, 0.2) is 0 Å². The molecule has 2 rings (SSSR count). The maximum absolute atomic E-state index is 2.46. The molecule has 2 saturated carbocycles. The SMILES string of the molecule is CC(C)CC1CC(C)C1CC1CC1. The average molecular weight is 180 g/mol. The maximum atomic E-state index is 2.46. The second-order valence-electron chi connectivity index (χ2n) is 5.95. The van der Waals surface area contributed by atoms with Crippen molar-refractivity contribution in [3.8, 4) is 0 Å². The highest BCUT2D eigenvalue weighted by molar-refractivity contribution is 4.90. The van der Waals surface area contributed by atoms with Gasteiger partial charge in [0.25, 0.3) is 0 Å². The lowest BCUT2D eigenvalue weighted by Gasteiger charge is -2.44. The van der Waals surface area contributed by atoms with Crippen molar-refractivity contribution in [1.29, 1.82) is 0 Å². The fourth-order valence-electron chi connectivity index (χ4n) is 3.14. The summed E-state index contributed by atoms with van der Waals surface area (Å²) in [5, 5.41) is 0. The van der Waals surface area contributed by atoms with Gasteiger partial charge < -0.3 is 0 Å². The molecule has 0 heteroatoms. The van der Waals surface area contributed by atoms with E-state index in [0.717, 1.165) is 29.6 Å². The van der Waals surface area contributed by atoms with E-state index in [2.05, 4.69) is 20.8 Å². The Hall–Kier alpha value is 0. The van der Waals surface area contributed by atoms with Crippen molar-refractivity contribution in [2.24, 2.45) is 29.6 Å². The Balaban J connectivity index is 1.76. The number of hydrogen-bond donors (Lipinski definition) is 0. The van der Waals surface area contributed by atoms with Crippen LogP contribution in [0, 0.1) is 29.6 Å². The minimum absolute atomic E-state index is 0.916. The molecule has 2 fully saturated rings. The van der Waals surface area contributed by atoms with Crippen LogP contribution in [-0.4, -0.2) is 0 Å². The Labute approximate surface area is 83.1 Å². The molecule has 0 aromatic carbocycles. The predicted molar refractivity (Wildman–Crippen MR) is 57.6 cm³/mol. The summed E-state index contributed by atoms with van der Waals surface area (Å²) in [7, 11) is 0. The first-order valence-electron chi connectivity index (χ1n) is 6.16. The highest BCUT2D eigenvalue weighted by Crippen LogP contribution is 2.50. The molecular formula is C13H24. The maximum Gasteiger partial charge on any atom is -0.0357 e. The van der Waals surface area contributed by atoms with Crippen LogP contribution >= 0.6 is 0 Å². The lowest BCUT2D eigenvalue weighted by atomic mass is 9.61. The van der Waals surface area contributed by atoms with Crippen molar-refractivity contribution in [3.63, 3.8) is 0 Å². The minimum Gasteiger partial charge on any atom is -0.0628 e. The first-order valence-corrected chi connectivity index (χ1v) is 6.16. The largest absolute Gasteiger partial charge is 0.0628 e. The average Bonchev–Trinajstić information content (AvgIpc) is 2.82. The molecule has 0 aromatic rings. The second-order valence-corrected chi connectivity index (χ2v) is 5.95. The molecule has 2 aliphatic rings. The molecule has 0 aromatic heterocycles.